The number of thiazole rings is 1. The van der Waals surface area contributed by atoms with E-state index in [1.165, 1.54) is 16.0 Å². The Hall–Kier alpha value is -3.23. The van der Waals surface area contributed by atoms with Gasteiger partial charge in [-0.15, -0.1) is 22.7 Å². The summed E-state index contributed by atoms with van der Waals surface area (Å²) in [4.78, 5) is 29.6. The fourth-order valence-corrected chi connectivity index (χ4v) is 4.71. The van der Waals surface area contributed by atoms with Gasteiger partial charge in [0.1, 0.15) is 0 Å². The molecule has 2 aromatic carbocycles. The zero-order valence-electron chi connectivity index (χ0n) is 16.1. The molecule has 0 aliphatic carbocycles. The van der Waals surface area contributed by atoms with Crippen molar-refractivity contribution < 1.29 is 9.59 Å². The molecule has 0 spiro atoms. The summed E-state index contributed by atoms with van der Waals surface area (Å²) in [5, 5.41) is 10.1. The molecule has 2 heterocycles. The molecule has 3 N–H and O–H groups in total. The molecular formula is C22H20N4O2S2. The number of nitrogens with one attached hydrogen (secondary N) is 3. The predicted octanol–water partition coefficient (Wildman–Crippen LogP) is 5.36. The van der Waals surface area contributed by atoms with Crippen LogP contribution in [0.15, 0.2) is 66.7 Å². The number of hydrogen-bond donors (Lipinski definition) is 3. The fraction of sp³-hybridized carbons (Fsp3) is 0.136. The predicted molar refractivity (Wildman–Crippen MR) is 124 cm³/mol. The molecule has 3 amide bonds. The van der Waals surface area contributed by atoms with Gasteiger partial charge in [-0.05, 0) is 42.8 Å². The van der Waals surface area contributed by atoms with Crippen LogP contribution >= 0.6 is 22.7 Å². The van der Waals surface area contributed by atoms with E-state index in [2.05, 4.69) is 27.0 Å². The van der Waals surface area contributed by atoms with Gasteiger partial charge in [0.15, 0.2) is 0 Å². The molecule has 0 fully saturated rings. The van der Waals surface area contributed by atoms with E-state index in [0.29, 0.717) is 22.1 Å². The first-order valence-electron chi connectivity index (χ1n) is 9.53. The van der Waals surface area contributed by atoms with Gasteiger partial charge in [-0.2, -0.15) is 0 Å². The number of fused-ring (bicyclic) bond motifs is 1. The van der Waals surface area contributed by atoms with Gasteiger partial charge in [-0.3, -0.25) is 10.1 Å². The van der Waals surface area contributed by atoms with E-state index in [0.717, 1.165) is 23.4 Å². The van der Waals surface area contributed by atoms with Crippen molar-refractivity contribution >= 4 is 55.5 Å². The average Bonchev–Trinajstić information content (AvgIpc) is 3.38. The van der Waals surface area contributed by atoms with Crippen LogP contribution < -0.4 is 16.0 Å². The van der Waals surface area contributed by atoms with Crippen LogP contribution in [0, 0.1) is 0 Å². The molecule has 0 atom stereocenters. The summed E-state index contributed by atoms with van der Waals surface area (Å²) in [6.07, 6.45) is 1.65. The van der Waals surface area contributed by atoms with E-state index in [1.807, 2.05) is 36.4 Å². The van der Waals surface area contributed by atoms with Gasteiger partial charge in [0.25, 0.3) is 5.91 Å². The second-order valence-corrected chi connectivity index (χ2v) is 8.74. The maximum atomic E-state index is 12.3. The molecular weight excluding hydrogens is 416 g/mol. The van der Waals surface area contributed by atoms with E-state index in [9.17, 15) is 9.59 Å². The van der Waals surface area contributed by atoms with E-state index in [1.54, 1.807) is 35.6 Å². The van der Waals surface area contributed by atoms with Crippen LogP contribution in [0.2, 0.25) is 0 Å². The molecule has 8 heteroatoms. The van der Waals surface area contributed by atoms with Crippen molar-refractivity contribution in [2.45, 2.75) is 12.8 Å². The Kier molecular flexibility index (Phi) is 6.36. The van der Waals surface area contributed by atoms with Crippen LogP contribution in [-0.4, -0.2) is 23.5 Å². The average molecular weight is 437 g/mol. The first-order chi connectivity index (χ1) is 14.7. The highest BCUT2D eigenvalue weighted by atomic mass is 32.1. The second kappa shape index (κ2) is 9.51. The molecule has 0 unspecified atom stereocenters. The summed E-state index contributed by atoms with van der Waals surface area (Å²) < 4.78 is 1.19. The number of anilines is 2. The van der Waals surface area contributed by atoms with Gasteiger partial charge >= 0.3 is 6.03 Å². The largest absolute Gasteiger partial charge is 0.351 e. The van der Waals surface area contributed by atoms with Gasteiger partial charge in [0.05, 0.1) is 25.1 Å². The monoisotopic (exact) mass is 436 g/mol. The van der Waals surface area contributed by atoms with Crippen molar-refractivity contribution in [3.05, 3.63) is 76.6 Å². The van der Waals surface area contributed by atoms with Gasteiger partial charge in [0.2, 0.25) is 0 Å². The van der Waals surface area contributed by atoms with E-state index in [-0.39, 0.29) is 11.9 Å². The number of aromatic nitrogens is 1. The first-order valence-corrected chi connectivity index (χ1v) is 11.2. The first kappa shape index (κ1) is 20.1. The molecule has 0 aliphatic rings. The molecule has 0 bridgehead atoms. The smallest absolute Gasteiger partial charge is 0.324 e. The number of para-hydroxylation sites is 2. The number of benzene rings is 2. The van der Waals surface area contributed by atoms with Crippen molar-refractivity contribution in [2.24, 2.45) is 0 Å². The second-order valence-electron chi connectivity index (χ2n) is 6.54. The van der Waals surface area contributed by atoms with Crippen molar-refractivity contribution in [2.75, 3.05) is 17.2 Å². The molecule has 0 aliphatic heterocycles. The van der Waals surface area contributed by atoms with Crippen molar-refractivity contribution in [3.63, 3.8) is 0 Å². The Morgan fingerprint density at radius 1 is 0.867 bits per heavy atom. The van der Waals surface area contributed by atoms with Gasteiger partial charge in [-0.1, -0.05) is 30.3 Å². The molecule has 4 aromatic rings. The highest BCUT2D eigenvalue weighted by molar-refractivity contribution is 7.18. The van der Waals surface area contributed by atoms with Crippen LogP contribution in [0.1, 0.15) is 21.1 Å². The molecule has 30 heavy (non-hydrogen) atoms. The molecule has 6 nitrogen and oxygen atoms in total. The quantitative estimate of drug-likeness (QED) is 0.341. The molecule has 0 saturated carbocycles. The molecule has 0 saturated heterocycles. The molecule has 2 aromatic heterocycles. The van der Waals surface area contributed by atoms with Crippen LogP contribution in [0.25, 0.3) is 10.2 Å². The Morgan fingerprint density at radius 2 is 1.67 bits per heavy atom. The highest BCUT2D eigenvalue weighted by Crippen LogP contribution is 2.23. The van der Waals surface area contributed by atoms with Crippen molar-refractivity contribution in [3.8, 4) is 0 Å². The minimum absolute atomic E-state index is 0.138. The summed E-state index contributed by atoms with van der Waals surface area (Å²) >= 11 is 2.94. The topological polar surface area (TPSA) is 83.1 Å². The number of nitrogens with zero attached hydrogens (tertiary/aromatic N) is 1. The maximum absolute atomic E-state index is 12.3. The normalized spacial score (nSPS) is 10.7. The van der Waals surface area contributed by atoms with Gasteiger partial charge < -0.3 is 10.6 Å². The molecule has 0 radical (unpaired) electrons. The lowest BCUT2D eigenvalue weighted by atomic mass is 10.3. The number of hydrogen-bond acceptors (Lipinski definition) is 5. The van der Waals surface area contributed by atoms with Gasteiger partial charge in [0, 0.05) is 18.7 Å². The number of carbonyl (C=O) groups is 2. The maximum Gasteiger partial charge on any atom is 0.324 e. The summed E-state index contributed by atoms with van der Waals surface area (Å²) in [5.41, 5.74) is 1.73. The fourth-order valence-electron chi connectivity index (χ4n) is 2.88. The zero-order chi connectivity index (χ0) is 20.8. The van der Waals surface area contributed by atoms with E-state index < -0.39 is 0 Å². The number of amides is 3. The third-order valence-corrected chi connectivity index (χ3v) is 6.38. The number of urea groups is 1. The number of rotatable bonds is 7. The lowest BCUT2D eigenvalue weighted by Crippen LogP contribution is -2.23. The highest BCUT2D eigenvalue weighted by Gasteiger charge is 2.11. The Bertz CT molecular complexity index is 1120. The Balaban J connectivity index is 1.22. The molecule has 152 valence electrons. The van der Waals surface area contributed by atoms with Crippen LogP contribution in [-0.2, 0) is 6.42 Å². The standard InChI is InChI=1S/C22H20N4O2S2/c27-21(23-14-6-11-19-25-16-9-4-5-10-17(16)29-19)18-12-13-20(30-18)26-22(28)24-15-7-2-1-3-8-15/h1-5,7-10,12-13H,6,11,14H2,(H,23,27)(H2,24,26,28). The lowest BCUT2D eigenvalue weighted by Gasteiger charge is -2.05. The Morgan fingerprint density at radius 3 is 2.50 bits per heavy atom. The lowest BCUT2D eigenvalue weighted by molar-refractivity contribution is 0.0957. The van der Waals surface area contributed by atoms with E-state index in [4.69, 9.17) is 0 Å². The summed E-state index contributed by atoms with van der Waals surface area (Å²) in [6, 6.07) is 20.4. The molecule has 4 rings (SSSR count). The van der Waals surface area contributed by atoms with Crippen molar-refractivity contribution in [1.29, 1.82) is 0 Å². The van der Waals surface area contributed by atoms with Gasteiger partial charge in [-0.25, -0.2) is 9.78 Å². The van der Waals surface area contributed by atoms with Crippen molar-refractivity contribution in [1.82, 2.24) is 10.3 Å². The summed E-state index contributed by atoms with van der Waals surface area (Å²) in [6.45, 7) is 0.573. The van der Waals surface area contributed by atoms with E-state index >= 15 is 0 Å². The summed E-state index contributed by atoms with van der Waals surface area (Å²) in [7, 11) is 0. The number of aryl methyl sites for hydroxylation is 1. The number of thiophene rings is 1. The summed E-state index contributed by atoms with van der Waals surface area (Å²) in [5.74, 6) is -0.138. The third kappa shape index (κ3) is 5.22. The minimum atomic E-state index is -0.342. The zero-order valence-corrected chi connectivity index (χ0v) is 17.7. The number of carbonyl (C=O) groups excluding carboxylic acids is 2. The minimum Gasteiger partial charge on any atom is -0.351 e. The Labute approximate surface area is 182 Å². The van der Waals surface area contributed by atoms with Crippen LogP contribution in [0.5, 0.6) is 0 Å². The van der Waals surface area contributed by atoms with Crippen LogP contribution in [0.3, 0.4) is 0 Å². The SMILES string of the molecule is O=C(Nc1ccccc1)Nc1ccc(C(=O)NCCCc2nc3ccccc3s2)s1. The van der Waals surface area contributed by atoms with Crippen LogP contribution in [0.4, 0.5) is 15.5 Å². The third-order valence-electron chi connectivity index (χ3n) is 4.29.